The van der Waals surface area contributed by atoms with Crippen LogP contribution in [0.4, 0.5) is 5.69 Å². The fraction of sp³-hybridized carbons (Fsp3) is 0.286. The summed E-state index contributed by atoms with van der Waals surface area (Å²) in [4.78, 5) is 4.29. The van der Waals surface area contributed by atoms with E-state index in [-0.39, 0.29) is 4.90 Å². The molecule has 1 aliphatic rings. The molecule has 1 aliphatic heterocycles. The second-order valence-corrected chi connectivity index (χ2v) is 9.47. The molecule has 32 heavy (non-hydrogen) atoms. The van der Waals surface area contributed by atoms with Gasteiger partial charge in [-0.15, -0.1) is 0 Å². The Kier molecular flexibility index (Phi) is 4.96. The predicted octanol–water partition coefficient (Wildman–Crippen LogP) is 1.95. The summed E-state index contributed by atoms with van der Waals surface area (Å²) in [5, 5.41) is 20.2. The van der Waals surface area contributed by atoms with Crippen molar-refractivity contribution in [1.29, 1.82) is 0 Å². The van der Waals surface area contributed by atoms with E-state index in [9.17, 15) is 13.5 Å². The van der Waals surface area contributed by atoms with Gasteiger partial charge < -0.3 is 9.84 Å². The quantitative estimate of drug-likeness (QED) is 0.472. The Hall–Kier alpha value is -3.28. The summed E-state index contributed by atoms with van der Waals surface area (Å²) >= 11 is 0. The zero-order valence-corrected chi connectivity index (χ0v) is 18.2. The van der Waals surface area contributed by atoms with Gasteiger partial charge in [0.1, 0.15) is 4.90 Å². The molecule has 0 saturated carbocycles. The molecule has 0 aliphatic carbocycles. The van der Waals surface area contributed by atoms with Crippen molar-refractivity contribution in [2.75, 3.05) is 17.9 Å². The fourth-order valence-electron chi connectivity index (χ4n) is 3.92. The number of ether oxygens (including phenoxy) is 1. The van der Waals surface area contributed by atoms with Crippen LogP contribution in [0.25, 0.3) is 16.7 Å². The van der Waals surface area contributed by atoms with Gasteiger partial charge in [-0.25, -0.2) is 18.1 Å². The molecule has 11 heteroatoms. The van der Waals surface area contributed by atoms with Gasteiger partial charge in [-0.2, -0.15) is 10.2 Å². The fourth-order valence-corrected chi connectivity index (χ4v) is 4.92. The van der Waals surface area contributed by atoms with E-state index in [0.717, 1.165) is 5.39 Å². The van der Waals surface area contributed by atoms with Crippen molar-refractivity contribution < 1.29 is 18.3 Å². The first kappa shape index (κ1) is 20.6. The van der Waals surface area contributed by atoms with Crippen molar-refractivity contribution in [3.8, 4) is 5.82 Å². The molecule has 1 saturated heterocycles. The van der Waals surface area contributed by atoms with Crippen LogP contribution in [-0.4, -0.2) is 51.3 Å². The Bertz CT molecular complexity index is 1390. The van der Waals surface area contributed by atoms with Gasteiger partial charge in [-0.1, -0.05) is 12.1 Å². The molecular weight excluding hydrogens is 432 g/mol. The van der Waals surface area contributed by atoms with E-state index in [4.69, 9.17) is 4.74 Å². The largest absolute Gasteiger partial charge is 0.385 e. The Morgan fingerprint density at radius 1 is 1.16 bits per heavy atom. The van der Waals surface area contributed by atoms with E-state index in [0.29, 0.717) is 48.6 Å². The maximum absolute atomic E-state index is 13.0. The molecule has 0 radical (unpaired) electrons. The number of rotatable bonds is 5. The topological polar surface area (TPSA) is 124 Å². The van der Waals surface area contributed by atoms with Gasteiger partial charge in [-0.3, -0.25) is 9.40 Å². The van der Waals surface area contributed by atoms with E-state index in [1.165, 1.54) is 17.1 Å². The van der Waals surface area contributed by atoms with Gasteiger partial charge in [0.15, 0.2) is 5.82 Å². The highest BCUT2D eigenvalue weighted by Crippen LogP contribution is 2.32. The summed E-state index contributed by atoms with van der Waals surface area (Å²) in [5.41, 5.74) is 0.813. The maximum Gasteiger partial charge on any atom is 0.265 e. The average Bonchev–Trinajstić information content (AvgIpc) is 3.43. The van der Waals surface area contributed by atoms with Gasteiger partial charge in [-0.05, 0) is 23.8 Å². The Morgan fingerprint density at radius 3 is 2.78 bits per heavy atom. The minimum absolute atomic E-state index is 0.00588. The molecule has 0 bridgehead atoms. The highest BCUT2D eigenvalue weighted by Gasteiger charge is 2.32. The highest BCUT2D eigenvalue weighted by atomic mass is 32.2. The number of aromatic nitrogens is 5. The van der Waals surface area contributed by atoms with Gasteiger partial charge in [0, 0.05) is 44.7 Å². The average molecular weight is 455 g/mol. The summed E-state index contributed by atoms with van der Waals surface area (Å²) < 4.78 is 37.0. The van der Waals surface area contributed by atoms with Gasteiger partial charge >= 0.3 is 0 Å². The first-order chi connectivity index (χ1) is 15.4. The molecule has 10 nitrogen and oxygen atoms in total. The number of aliphatic hydroxyl groups is 1. The number of hydrogen-bond acceptors (Lipinski definition) is 7. The lowest BCUT2D eigenvalue weighted by molar-refractivity contribution is -0.0679. The maximum atomic E-state index is 13.0. The lowest BCUT2D eigenvalue weighted by Gasteiger charge is -2.32. The number of aryl methyl sites for hydroxylation is 1. The molecule has 0 atom stereocenters. The van der Waals surface area contributed by atoms with Crippen molar-refractivity contribution in [3.63, 3.8) is 0 Å². The van der Waals surface area contributed by atoms with Crippen molar-refractivity contribution in [3.05, 3.63) is 60.7 Å². The van der Waals surface area contributed by atoms with Crippen LogP contribution in [0.3, 0.4) is 0 Å². The molecule has 0 amide bonds. The van der Waals surface area contributed by atoms with E-state index >= 15 is 0 Å². The molecule has 4 heterocycles. The summed E-state index contributed by atoms with van der Waals surface area (Å²) in [6.07, 6.45) is 6.89. The van der Waals surface area contributed by atoms with E-state index in [1.807, 2.05) is 6.07 Å². The Balaban J connectivity index is 1.44. The van der Waals surface area contributed by atoms with E-state index in [1.54, 1.807) is 48.4 Å². The zero-order chi connectivity index (χ0) is 22.3. The summed E-state index contributed by atoms with van der Waals surface area (Å²) in [5.74, 6) is 0.414. The zero-order valence-electron chi connectivity index (χ0n) is 17.3. The molecular formula is C21H22N6O4S. The number of benzene rings is 1. The van der Waals surface area contributed by atoms with Gasteiger partial charge in [0.05, 0.1) is 35.4 Å². The number of sulfonamides is 1. The molecule has 166 valence electrons. The van der Waals surface area contributed by atoms with Crippen molar-refractivity contribution in [2.24, 2.45) is 7.05 Å². The lowest BCUT2D eigenvalue weighted by atomic mass is 9.87. The molecule has 2 N–H and O–H groups in total. The van der Waals surface area contributed by atoms with Crippen LogP contribution in [0.2, 0.25) is 0 Å². The third-order valence-electron chi connectivity index (χ3n) is 5.71. The highest BCUT2D eigenvalue weighted by molar-refractivity contribution is 7.92. The molecule has 1 fully saturated rings. The van der Waals surface area contributed by atoms with Crippen LogP contribution in [0.5, 0.6) is 0 Å². The molecule has 3 aromatic heterocycles. The molecule has 5 rings (SSSR count). The van der Waals surface area contributed by atoms with Crippen LogP contribution in [0.15, 0.2) is 60.0 Å². The third kappa shape index (κ3) is 3.64. The first-order valence-electron chi connectivity index (χ1n) is 10.1. The van der Waals surface area contributed by atoms with Crippen molar-refractivity contribution in [2.45, 2.75) is 23.3 Å². The number of nitrogens with zero attached hydrogens (tertiary/aromatic N) is 5. The molecule has 0 spiro atoms. The number of fused-ring (bicyclic) bond motifs is 1. The first-order valence-corrected chi connectivity index (χ1v) is 11.6. The smallest absolute Gasteiger partial charge is 0.265 e. The summed E-state index contributed by atoms with van der Waals surface area (Å²) in [6, 6.07) is 8.79. The Labute approximate surface area is 184 Å². The number of para-hydroxylation sites is 1. The van der Waals surface area contributed by atoms with Crippen LogP contribution < -0.4 is 4.72 Å². The molecule has 4 aromatic rings. The summed E-state index contributed by atoms with van der Waals surface area (Å²) in [6.45, 7) is 0.959. The molecule has 0 unspecified atom stereocenters. The van der Waals surface area contributed by atoms with E-state index < -0.39 is 15.6 Å². The summed E-state index contributed by atoms with van der Waals surface area (Å²) in [7, 11) is -2.14. The lowest BCUT2D eigenvalue weighted by Crippen LogP contribution is -2.33. The molecule has 1 aromatic carbocycles. The number of hydrogen-bond donors (Lipinski definition) is 2. The van der Waals surface area contributed by atoms with Gasteiger partial charge in [0.25, 0.3) is 10.0 Å². The SMILES string of the molecule is Cn1ncc2cccc(NS(=O)(=O)c3cnn(-c4cc(C5(O)CCOCC5)ccn4)c3)c21. The second-order valence-electron chi connectivity index (χ2n) is 7.78. The van der Waals surface area contributed by atoms with Gasteiger partial charge in [0.2, 0.25) is 0 Å². The normalized spacial score (nSPS) is 16.3. The van der Waals surface area contributed by atoms with Crippen LogP contribution in [0.1, 0.15) is 18.4 Å². The van der Waals surface area contributed by atoms with Crippen LogP contribution in [-0.2, 0) is 27.4 Å². The van der Waals surface area contributed by atoms with Crippen molar-refractivity contribution >= 4 is 26.6 Å². The predicted molar refractivity (Wildman–Crippen MR) is 117 cm³/mol. The van der Waals surface area contributed by atoms with Crippen LogP contribution >= 0.6 is 0 Å². The van der Waals surface area contributed by atoms with Crippen LogP contribution in [0, 0.1) is 0 Å². The minimum Gasteiger partial charge on any atom is -0.385 e. The Morgan fingerprint density at radius 2 is 1.97 bits per heavy atom. The standard InChI is InChI=1S/C21H22N6O4S/c1-26-20-15(12-23-26)3-2-4-18(20)25-32(29,30)17-13-24-27(14-17)19-11-16(5-8-22-19)21(28)6-9-31-10-7-21/h2-5,8,11-14,25,28H,6-7,9-10H2,1H3. The number of anilines is 1. The monoisotopic (exact) mass is 454 g/mol. The second kappa shape index (κ2) is 7.69. The number of pyridine rings is 1. The van der Waals surface area contributed by atoms with Crippen molar-refractivity contribution in [1.82, 2.24) is 24.5 Å². The minimum atomic E-state index is -3.90. The third-order valence-corrected chi connectivity index (χ3v) is 7.03. The number of nitrogens with one attached hydrogen (secondary N) is 1. The van der Waals surface area contributed by atoms with E-state index in [2.05, 4.69) is 19.9 Å².